The zero-order valence-corrected chi connectivity index (χ0v) is 15.5. The van der Waals surface area contributed by atoms with E-state index in [0.29, 0.717) is 25.9 Å². The molecule has 8 heteroatoms. The summed E-state index contributed by atoms with van der Waals surface area (Å²) < 4.78 is 37.9. The normalized spacial score (nSPS) is 24.9. The van der Waals surface area contributed by atoms with Gasteiger partial charge in [-0.25, -0.2) is 8.78 Å². The van der Waals surface area contributed by atoms with Crippen molar-refractivity contribution in [3.8, 4) is 0 Å². The van der Waals surface area contributed by atoms with Crippen LogP contribution in [0.5, 0.6) is 0 Å². The molecule has 0 unspecified atom stereocenters. The van der Waals surface area contributed by atoms with Gasteiger partial charge in [-0.15, -0.1) is 0 Å². The number of aryl methyl sites for hydroxylation is 1. The van der Waals surface area contributed by atoms with Gasteiger partial charge < -0.3 is 20.1 Å². The van der Waals surface area contributed by atoms with Gasteiger partial charge in [0.15, 0.2) is 11.6 Å². The summed E-state index contributed by atoms with van der Waals surface area (Å²) in [4.78, 5) is 24.9. The van der Waals surface area contributed by atoms with Crippen molar-refractivity contribution in [2.24, 2.45) is 11.7 Å². The first-order valence-electron chi connectivity index (χ1n) is 8.94. The highest BCUT2D eigenvalue weighted by Crippen LogP contribution is 2.38. The van der Waals surface area contributed by atoms with Crippen molar-refractivity contribution in [3.63, 3.8) is 0 Å². The second-order valence-corrected chi connectivity index (χ2v) is 7.59. The number of esters is 1. The number of nitrogens with zero attached hydrogens (tertiary/aromatic N) is 1. The summed E-state index contributed by atoms with van der Waals surface area (Å²) >= 11 is 0. The first-order chi connectivity index (χ1) is 12.7. The molecular weight excluding hydrogens is 358 g/mol. The van der Waals surface area contributed by atoms with Crippen molar-refractivity contribution in [2.45, 2.75) is 44.9 Å². The number of amides is 1. The summed E-state index contributed by atoms with van der Waals surface area (Å²) in [7, 11) is 0. The van der Waals surface area contributed by atoms with E-state index in [1.54, 1.807) is 4.90 Å². The van der Waals surface area contributed by atoms with E-state index in [2.05, 4.69) is 0 Å². The van der Waals surface area contributed by atoms with Gasteiger partial charge in [0.05, 0.1) is 18.2 Å². The topological polar surface area (TPSA) is 81.9 Å². The molecule has 1 aromatic rings. The van der Waals surface area contributed by atoms with Crippen LogP contribution in [0.25, 0.3) is 0 Å². The number of carbonyl (C=O) groups is 2. The van der Waals surface area contributed by atoms with Crippen LogP contribution in [0, 0.1) is 24.5 Å². The van der Waals surface area contributed by atoms with Gasteiger partial charge >= 0.3 is 5.97 Å². The summed E-state index contributed by atoms with van der Waals surface area (Å²) in [6.07, 6.45) is 0.769. The fourth-order valence-corrected chi connectivity index (χ4v) is 3.45. The molecule has 1 aromatic carbocycles. The van der Waals surface area contributed by atoms with Gasteiger partial charge in [-0.3, -0.25) is 9.59 Å². The molecule has 0 aromatic heterocycles. The number of ether oxygens (including phenoxy) is 2. The molecule has 6 nitrogen and oxygen atoms in total. The Morgan fingerprint density at radius 1 is 1.26 bits per heavy atom. The molecule has 1 saturated heterocycles. The predicted molar refractivity (Wildman–Crippen MR) is 92.5 cm³/mol. The molecule has 0 spiro atoms. The zero-order valence-electron chi connectivity index (χ0n) is 15.5. The molecule has 0 radical (unpaired) electrons. The SMILES string of the molecule is CC(=O)OCC1(N)CC(C(=O)N2CC(OCc3ccc(C)c(F)c3F)C2)C1. The molecule has 3 rings (SSSR count). The Morgan fingerprint density at radius 2 is 1.93 bits per heavy atom. The van der Waals surface area contributed by atoms with E-state index in [0.717, 1.165) is 0 Å². The van der Waals surface area contributed by atoms with Crippen LogP contribution < -0.4 is 5.73 Å². The molecular formula is C19H24F2N2O4. The lowest BCUT2D eigenvalue weighted by Crippen LogP contribution is -2.63. The van der Waals surface area contributed by atoms with Crippen LogP contribution in [-0.2, 0) is 25.7 Å². The lowest BCUT2D eigenvalue weighted by Gasteiger charge is -2.48. The Bertz CT molecular complexity index is 743. The molecule has 2 aliphatic rings. The van der Waals surface area contributed by atoms with Gasteiger partial charge in [0.1, 0.15) is 6.61 Å². The molecule has 2 fully saturated rings. The second-order valence-electron chi connectivity index (χ2n) is 7.59. The predicted octanol–water partition coefficient (Wildman–Crippen LogP) is 1.67. The molecule has 0 bridgehead atoms. The highest BCUT2D eigenvalue weighted by molar-refractivity contribution is 5.81. The van der Waals surface area contributed by atoms with Crippen molar-refractivity contribution in [1.82, 2.24) is 4.90 Å². The van der Waals surface area contributed by atoms with Gasteiger partial charge in [-0.05, 0) is 25.3 Å². The third-order valence-electron chi connectivity index (χ3n) is 5.21. The Balaban J connectivity index is 1.40. The lowest BCUT2D eigenvalue weighted by atomic mass is 9.68. The summed E-state index contributed by atoms with van der Waals surface area (Å²) in [6, 6.07) is 3.02. The maximum absolute atomic E-state index is 13.8. The minimum Gasteiger partial charge on any atom is -0.464 e. The van der Waals surface area contributed by atoms with E-state index >= 15 is 0 Å². The highest BCUT2D eigenvalue weighted by Gasteiger charge is 2.48. The zero-order chi connectivity index (χ0) is 19.8. The van der Waals surface area contributed by atoms with Gasteiger partial charge in [-0.1, -0.05) is 12.1 Å². The highest BCUT2D eigenvalue weighted by atomic mass is 19.2. The number of halogens is 2. The number of benzene rings is 1. The number of nitrogens with two attached hydrogens (primary N) is 1. The Kier molecular flexibility index (Phi) is 5.48. The van der Waals surface area contributed by atoms with Crippen molar-refractivity contribution < 1.29 is 27.8 Å². The van der Waals surface area contributed by atoms with Crippen LogP contribution in [0.3, 0.4) is 0 Å². The van der Waals surface area contributed by atoms with Crippen LogP contribution in [0.15, 0.2) is 12.1 Å². The molecule has 1 aliphatic carbocycles. The second kappa shape index (κ2) is 7.52. The van der Waals surface area contributed by atoms with Gasteiger partial charge in [0.25, 0.3) is 0 Å². The fourth-order valence-electron chi connectivity index (χ4n) is 3.45. The van der Waals surface area contributed by atoms with Crippen molar-refractivity contribution in [3.05, 3.63) is 34.9 Å². The standard InChI is InChI=1S/C19H24F2N2O4/c1-11-3-4-13(17(21)16(11)20)9-26-15-7-23(8-15)18(25)14-5-19(22,6-14)10-27-12(2)24/h3-4,14-15H,5-10,22H2,1-2H3. The van der Waals surface area contributed by atoms with Crippen molar-refractivity contribution in [2.75, 3.05) is 19.7 Å². The summed E-state index contributed by atoms with van der Waals surface area (Å²) in [5.74, 6) is -2.29. The number of likely N-dealkylation sites (tertiary alicyclic amines) is 1. The number of rotatable bonds is 6. The van der Waals surface area contributed by atoms with Crippen molar-refractivity contribution in [1.29, 1.82) is 0 Å². The van der Waals surface area contributed by atoms with Crippen LogP contribution in [0.2, 0.25) is 0 Å². The van der Waals surface area contributed by atoms with E-state index in [9.17, 15) is 18.4 Å². The van der Waals surface area contributed by atoms with E-state index < -0.39 is 17.2 Å². The maximum Gasteiger partial charge on any atom is 0.302 e. The van der Waals surface area contributed by atoms with Crippen LogP contribution in [0.1, 0.15) is 30.9 Å². The molecule has 0 atom stereocenters. The largest absolute Gasteiger partial charge is 0.464 e. The number of carbonyl (C=O) groups excluding carboxylic acids is 2. The van der Waals surface area contributed by atoms with E-state index in [1.807, 2.05) is 0 Å². The molecule has 2 N–H and O–H groups in total. The third-order valence-corrected chi connectivity index (χ3v) is 5.21. The van der Waals surface area contributed by atoms with Gasteiger partial charge in [0.2, 0.25) is 5.91 Å². The van der Waals surface area contributed by atoms with E-state index in [-0.39, 0.29) is 48.2 Å². The Hall–Kier alpha value is -2.06. The van der Waals surface area contributed by atoms with Crippen LogP contribution in [0.4, 0.5) is 8.78 Å². The van der Waals surface area contributed by atoms with Gasteiger partial charge in [-0.2, -0.15) is 0 Å². The van der Waals surface area contributed by atoms with E-state index in [1.165, 1.54) is 26.0 Å². The fraction of sp³-hybridized carbons (Fsp3) is 0.579. The number of hydrogen-bond acceptors (Lipinski definition) is 5. The smallest absolute Gasteiger partial charge is 0.302 e. The minimum atomic E-state index is -0.885. The van der Waals surface area contributed by atoms with E-state index in [4.69, 9.17) is 15.2 Å². The Labute approximate surface area is 156 Å². The van der Waals surface area contributed by atoms with Crippen LogP contribution >= 0.6 is 0 Å². The third kappa shape index (κ3) is 4.27. The van der Waals surface area contributed by atoms with Crippen molar-refractivity contribution >= 4 is 11.9 Å². The summed E-state index contributed by atoms with van der Waals surface area (Å²) in [6.45, 7) is 3.76. The molecule has 1 heterocycles. The van der Waals surface area contributed by atoms with Crippen LogP contribution in [-0.4, -0.2) is 48.1 Å². The average molecular weight is 382 g/mol. The lowest BCUT2D eigenvalue weighted by molar-refractivity contribution is -0.157. The number of hydrogen-bond donors (Lipinski definition) is 1. The summed E-state index contributed by atoms with van der Waals surface area (Å²) in [5.41, 5.74) is 5.87. The summed E-state index contributed by atoms with van der Waals surface area (Å²) in [5, 5.41) is 0. The monoisotopic (exact) mass is 382 g/mol. The molecule has 1 aliphatic heterocycles. The average Bonchev–Trinajstić information content (AvgIpc) is 2.55. The maximum atomic E-state index is 13.8. The molecule has 148 valence electrons. The quantitative estimate of drug-likeness (QED) is 0.757. The first-order valence-corrected chi connectivity index (χ1v) is 8.94. The molecule has 1 amide bonds. The minimum absolute atomic E-state index is 0.00584. The Morgan fingerprint density at radius 3 is 2.56 bits per heavy atom. The van der Waals surface area contributed by atoms with Gasteiger partial charge in [0, 0.05) is 31.5 Å². The molecule has 27 heavy (non-hydrogen) atoms. The molecule has 1 saturated carbocycles. The first kappa shape index (κ1) is 19.7.